The Balaban J connectivity index is 3.00. The molecule has 0 aromatic rings. The van der Waals surface area contributed by atoms with E-state index in [1.165, 1.54) is 19.3 Å². The Labute approximate surface area is 88.2 Å². The monoisotopic (exact) mass is 246 g/mol. The number of ether oxygens (including phenoxy) is 1. The minimum absolute atomic E-state index is 0.456. The fourth-order valence-corrected chi connectivity index (χ4v) is 1.33. The van der Waals surface area contributed by atoms with Gasteiger partial charge >= 0.3 is 5.97 Å². The number of hydrogen-bond donors (Lipinski definition) is 0. The summed E-state index contributed by atoms with van der Waals surface area (Å²) in [5, 5.41) is 1.07. The van der Waals surface area contributed by atoms with Gasteiger partial charge in [0.25, 0.3) is 0 Å². The van der Waals surface area contributed by atoms with Crippen molar-refractivity contribution in [2.75, 3.05) is 11.9 Å². The molecule has 0 bridgehead atoms. The first kappa shape index (κ1) is 12.5. The number of carbonyl (C=O) groups excluding carboxylic acids is 1. The van der Waals surface area contributed by atoms with Crippen LogP contribution in [-0.2, 0) is 9.53 Å². The molecule has 0 aliphatic heterocycles. The average molecular weight is 247 g/mol. The largest absolute Gasteiger partial charge is 0.456 e. The Morgan fingerprint density at radius 3 is 2.46 bits per heavy atom. The van der Waals surface area contributed by atoms with Gasteiger partial charge in [-0.15, -0.1) is 6.42 Å². The van der Waals surface area contributed by atoms with Crippen LogP contribution in [-0.4, -0.2) is 17.9 Å². The van der Waals surface area contributed by atoms with Crippen molar-refractivity contribution in [3.63, 3.8) is 0 Å². The summed E-state index contributed by atoms with van der Waals surface area (Å²) >= 11 is 3.37. The van der Waals surface area contributed by atoms with Crippen molar-refractivity contribution in [1.29, 1.82) is 0 Å². The molecule has 0 fully saturated rings. The molecule has 0 atom stereocenters. The van der Waals surface area contributed by atoms with Crippen molar-refractivity contribution in [3.8, 4) is 12.3 Å². The summed E-state index contributed by atoms with van der Waals surface area (Å²) in [5.74, 6) is 1.35. The Hall–Kier alpha value is -0.490. The summed E-state index contributed by atoms with van der Waals surface area (Å²) in [6.45, 7) is 0.456. The highest BCUT2D eigenvalue weighted by atomic mass is 79.9. The topological polar surface area (TPSA) is 26.3 Å². The van der Waals surface area contributed by atoms with Gasteiger partial charge in [-0.25, -0.2) is 4.79 Å². The first-order valence-corrected chi connectivity index (χ1v) is 5.62. The normalized spacial score (nSPS) is 9.23. The zero-order chi connectivity index (χ0) is 9.94. The van der Waals surface area contributed by atoms with Crippen LogP contribution < -0.4 is 0 Å². The van der Waals surface area contributed by atoms with E-state index in [1.54, 1.807) is 0 Å². The van der Waals surface area contributed by atoms with Gasteiger partial charge in [0.05, 0.1) is 6.61 Å². The first-order chi connectivity index (χ1) is 6.31. The second-order valence-electron chi connectivity index (χ2n) is 2.74. The third-order valence-electron chi connectivity index (χ3n) is 1.63. The van der Waals surface area contributed by atoms with E-state index in [0.29, 0.717) is 6.61 Å². The molecule has 0 unspecified atom stereocenters. The molecule has 0 heterocycles. The summed E-state index contributed by atoms with van der Waals surface area (Å²) < 4.78 is 4.71. The molecule has 74 valence electrons. The van der Waals surface area contributed by atoms with Gasteiger partial charge in [-0.05, 0) is 12.8 Å². The summed E-state index contributed by atoms with van der Waals surface area (Å²) in [4.78, 5) is 10.5. The van der Waals surface area contributed by atoms with Crippen molar-refractivity contribution in [1.82, 2.24) is 0 Å². The average Bonchev–Trinajstić information content (AvgIpc) is 2.16. The molecular formula is C10H15BrO2. The number of hydrogen-bond acceptors (Lipinski definition) is 2. The highest BCUT2D eigenvalue weighted by Gasteiger charge is 1.95. The Morgan fingerprint density at radius 1 is 1.23 bits per heavy atom. The van der Waals surface area contributed by atoms with Crippen molar-refractivity contribution in [2.24, 2.45) is 0 Å². The predicted octanol–water partition coefficient (Wildman–Crippen LogP) is 2.51. The Morgan fingerprint density at radius 2 is 1.85 bits per heavy atom. The van der Waals surface area contributed by atoms with Gasteiger partial charge < -0.3 is 4.74 Å². The van der Waals surface area contributed by atoms with Crippen molar-refractivity contribution in [3.05, 3.63) is 0 Å². The van der Waals surface area contributed by atoms with Crippen LogP contribution in [0.4, 0.5) is 0 Å². The fourth-order valence-electron chi connectivity index (χ4n) is 0.933. The van der Waals surface area contributed by atoms with E-state index >= 15 is 0 Å². The lowest BCUT2D eigenvalue weighted by Crippen LogP contribution is -2.02. The molecule has 0 saturated heterocycles. The van der Waals surface area contributed by atoms with Crippen LogP contribution in [0.15, 0.2) is 0 Å². The van der Waals surface area contributed by atoms with E-state index in [2.05, 4.69) is 15.9 Å². The summed E-state index contributed by atoms with van der Waals surface area (Å²) in [6.07, 6.45) is 10.5. The number of alkyl halides is 1. The van der Waals surface area contributed by atoms with Crippen LogP contribution >= 0.6 is 15.9 Å². The smallest absolute Gasteiger partial charge is 0.384 e. The number of unbranched alkanes of at least 4 members (excludes halogenated alkanes) is 4. The molecular weight excluding hydrogens is 232 g/mol. The Kier molecular flexibility index (Phi) is 9.24. The van der Waals surface area contributed by atoms with Crippen molar-refractivity contribution < 1.29 is 9.53 Å². The molecule has 0 N–H and O–H groups in total. The molecule has 0 amide bonds. The maximum absolute atomic E-state index is 10.5. The van der Waals surface area contributed by atoms with Crippen molar-refractivity contribution in [2.45, 2.75) is 32.1 Å². The van der Waals surface area contributed by atoms with Crippen LogP contribution in [0.1, 0.15) is 32.1 Å². The summed E-state index contributed by atoms with van der Waals surface area (Å²) in [7, 11) is 0. The lowest BCUT2D eigenvalue weighted by atomic mass is 10.2. The maximum atomic E-state index is 10.5. The fraction of sp³-hybridized carbons (Fsp3) is 0.700. The van der Waals surface area contributed by atoms with E-state index in [4.69, 9.17) is 11.2 Å². The number of esters is 1. The highest BCUT2D eigenvalue weighted by molar-refractivity contribution is 9.09. The molecule has 2 nitrogen and oxygen atoms in total. The van der Waals surface area contributed by atoms with Gasteiger partial charge in [0.15, 0.2) is 0 Å². The lowest BCUT2D eigenvalue weighted by molar-refractivity contribution is -0.136. The highest BCUT2D eigenvalue weighted by Crippen LogP contribution is 2.04. The van der Waals surface area contributed by atoms with Crippen LogP contribution in [0, 0.1) is 12.3 Å². The summed E-state index contributed by atoms with van der Waals surface area (Å²) in [5.41, 5.74) is 0. The third-order valence-corrected chi connectivity index (χ3v) is 2.19. The van der Waals surface area contributed by atoms with Crippen LogP contribution in [0.2, 0.25) is 0 Å². The van der Waals surface area contributed by atoms with Gasteiger partial charge in [0.2, 0.25) is 0 Å². The van der Waals surface area contributed by atoms with E-state index in [1.807, 2.05) is 5.92 Å². The predicted molar refractivity (Wildman–Crippen MR) is 56.7 cm³/mol. The zero-order valence-corrected chi connectivity index (χ0v) is 9.31. The maximum Gasteiger partial charge on any atom is 0.384 e. The number of carbonyl (C=O) groups is 1. The second-order valence-corrected chi connectivity index (χ2v) is 3.53. The molecule has 0 radical (unpaired) electrons. The third kappa shape index (κ3) is 9.42. The molecule has 0 rings (SSSR count). The van der Waals surface area contributed by atoms with E-state index in [9.17, 15) is 4.79 Å². The standard InChI is InChI=1S/C10H15BrO2/c1-2-10(12)13-9-7-5-3-4-6-8-11/h1H,3-9H2. The minimum atomic E-state index is -0.555. The van der Waals surface area contributed by atoms with E-state index in [-0.39, 0.29) is 0 Å². The van der Waals surface area contributed by atoms with E-state index in [0.717, 1.165) is 18.2 Å². The molecule has 3 heteroatoms. The molecule has 0 aliphatic rings. The van der Waals surface area contributed by atoms with Crippen LogP contribution in [0.3, 0.4) is 0 Å². The van der Waals surface area contributed by atoms with Gasteiger partial charge in [-0.2, -0.15) is 0 Å². The number of rotatable bonds is 7. The molecule has 0 spiro atoms. The molecule has 0 aliphatic carbocycles. The SMILES string of the molecule is C#CC(=O)OCCCCCCCBr. The second kappa shape index (κ2) is 9.60. The number of halogens is 1. The van der Waals surface area contributed by atoms with Crippen molar-refractivity contribution >= 4 is 21.9 Å². The van der Waals surface area contributed by atoms with E-state index < -0.39 is 5.97 Å². The molecule has 0 aromatic carbocycles. The molecule has 13 heavy (non-hydrogen) atoms. The first-order valence-electron chi connectivity index (χ1n) is 4.50. The number of terminal acetylenes is 1. The van der Waals surface area contributed by atoms with Gasteiger partial charge in [0, 0.05) is 11.3 Å². The Bertz CT molecular complexity index is 172. The van der Waals surface area contributed by atoms with Crippen LogP contribution in [0.5, 0.6) is 0 Å². The van der Waals surface area contributed by atoms with Gasteiger partial charge in [-0.1, -0.05) is 35.2 Å². The molecule has 0 saturated carbocycles. The van der Waals surface area contributed by atoms with Crippen LogP contribution in [0.25, 0.3) is 0 Å². The van der Waals surface area contributed by atoms with Gasteiger partial charge in [0.1, 0.15) is 0 Å². The summed E-state index contributed by atoms with van der Waals surface area (Å²) in [6, 6.07) is 0. The van der Waals surface area contributed by atoms with Gasteiger partial charge in [-0.3, -0.25) is 0 Å². The lowest BCUT2D eigenvalue weighted by Gasteiger charge is -2.00. The molecule has 0 aromatic heterocycles. The quantitative estimate of drug-likeness (QED) is 0.227. The zero-order valence-electron chi connectivity index (χ0n) is 7.72. The minimum Gasteiger partial charge on any atom is -0.456 e.